The summed E-state index contributed by atoms with van der Waals surface area (Å²) in [6.07, 6.45) is -3.92. The molecule has 1 unspecified atom stereocenters. The monoisotopic (exact) mass is 265 g/mol. The maximum Gasteiger partial charge on any atom is 0.397 e. The van der Waals surface area contributed by atoms with Crippen LogP contribution in [0.15, 0.2) is 12.5 Å². The summed E-state index contributed by atoms with van der Waals surface area (Å²) < 4.78 is 35.7. The maximum absolute atomic E-state index is 11.9. The average Bonchev–Trinajstić information content (AvgIpc) is 2.66. The summed E-state index contributed by atoms with van der Waals surface area (Å²) in [5, 5.41) is 10.6. The number of H-pyrrole nitrogens is 1. The van der Waals surface area contributed by atoms with Gasteiger partial charge in [0.25, 0.3) is 0 Å². The molecule has 0 aliphatic heterocycles. The fourth-order valence-corrected chi connectivity index (χ4v) is 1.24. The number of carboxylic acid groups (broad SMARTS) is 1. The zero-order valence-corrected chi connectivity index (χ0v) is 8.99. The number of nitrogens with one attached hydrogen (secondary N) is 2. The number of hydrogen-bond donors (Lipinski definition) is 3. The van der Waals surface area contributed by atoms with Gasteiger partial charge in [-0.05, 0) is 0 Å². The maximum atomic E-state index is 11.9. The molecule has 0 aliphatic carbocycles. The number of carboxylic acids is 1. The van der Waals surface area contributed by atoms with Crippen molar-refractivity contribution in [2.75, 3.05) is 0 Å². The van der Waals surface area contributed by atoms with Crippen molar-refractivity contribution in [3.8, 4) is 0 Å². The Labute approximate surface area is 99.2 Å². The van der Waals surface area contributed by atoms with Gasteiger partial charge in [0.2, 0.25) is 5.91 Å². The van der Waals surface area contributed by atoms with E-state index in [9.17, 15) is 22.8 Å². The SMILES string of the molecule is O=C(CC(F)(F)F)NC(Cc1cnc[nH]1)C(=O)O. The zero-order chi connectivity index (χ0) is 13.8. The van der Waals surface area contributed by atoms with Crippen molar-refractivity contribution in [2.45, 2.75) is 25.1 Å². The Morgan fingerprint density at radius 3 is 2.61 bits per heavy atom. The molecule has 0 spiro atoms. The Morgan fingerprint density at radius 2 is 2.17 bits per heavy atom. The predicted molar refractivity (Wildman–Crippen MR) is 52.5 cm³/mol. The quantitative estimate of drug-likeness (QED) is 0.721. The van der Waals surface area contributed by atoms with Gasteiger partial charge in [-0.25, -0.2) is 9.78 Å². The molecule has 1 amide bonds. The van der Waals surface area contributed by atoms with E-state index in [0.717, 1.165) is 0 Å². The summed E-state index contributed by atoms with van der Waals surface area (Å²) >= 11 is 0. The fraction of sp³-hybridized carbons (Fsp3) is 0.444. The van der Waals surface area contributed by atoms with Gasteiger partial charge in [-0.2, -0.15) is 13.2 Å². The highest BCUT2D eigenvalue weighted by atomic mass is 19.4. The molecule has 0 saturated carbocycles. The van der Waals surface area contributed by atoms with Crippen LogP contribution in [0.1, 0.15) is 12.1 Å². The molecule has 1 heterocycles. The molecule has 0 saturated heterocycles. The number of aliphatic carboxylic acids is 1. The summed E-state index contributed by atoms with van der Waals surface area (Å²) in [5.74, 6) is -2.80. The van der Waals surface area contributed by atoms with Crippen molar-refractivity contribution in [2.24, 2.45) is 0 Å². The molecule has 0 radical (unpaired) electrons. The van der Waals surface area contributed by atoms with E-state index in [1.54, 1.807) is 5.32 Å². The van der Waals surface area contributed by atoms with Gasteiger partial charge in [-0.3, -0.25) is 4.79 Å². The van der Waals surface area contributed by atoms with Crippen LogP contribution in [0.25, 0.3) is 0 Å². The summed E-state index contributed by atoms with van der Waals surface area (Å²) in [6, 6.07) is -1.43. The Morgan fingerprint density at radius 1 is 1.50 bits per heavy atom. The first-order chi connectivity index (χ1) is 8.28. The lowest BCUT2D eigenvalue weighted by Crippen LogP contribution is -2.43. The zero-order valence-electron chi connectivity index (χ0n) is 8.99. The van der Waals surface area contributed by atoms with Crippen LogP contribution in [0.3, 0.4) is 0 Å². The first-order valence-electron chi connectivity index (χ1n) is 4.84. The summed E-state index contributed by atoms with van der Waals surface area (Å²) in [4.78, 5) is 28.0. The number of carbonyl (C=O) groups excluding carboxylic acids is 1. The van der Waals surface area contributed by atoms with Crippen molar-refractivity contribution in [3.63, 3.8) is 0 Å². The number of aromatic nitrogens is 2. The molecular weight excluding hydrogens is 255 g/mol. The summed E-state index contributed by atoms with van der Waals surface area (Å²) in [7, 11) is 0. The van der Waals surface area contributed by atoms with E-state index in [4.69, 9.17) is 5.11 Å². The lowest BCUT2D eigenvalue weighted by Gasteiger charge is -2.14. The van der Waals surface area contributed by atoms with Crippen molar-refractivity contribution in [3.05, 3.63) is 18.2 Å². The van der Waals surface area contributed by atoms with E-state index >= 15 is 0 Å². The van der Waals surface area contributed by atoms with Gasteiger partial charge in [0.1, 0.15) is 12.5 Å². The van der Waals surface area contributed by atoms with Crippen LogP contribution in [0, 0.1) is 0 Å². The van der Waals surface area contributed by atoms with Gasteiger partial charge in [0.15, 0.2) is 0 Å². The van der Waals surface area contributed by atoms with Crippen molar-refractivity contribution >= 4 is 11.9 Å². The molecule has 0 aliphatic rings. The first kappa shape index (κ1) is 14.0. The second-order valence-corrected chi connectivity index (χ2v) is 3.53. The van der Waals surface area contributed by atoms with E-state index in [-0.39, 0.29) is 6.42 Å². The Bertz CT molecular complexity index is 416. The van der Waals surface area contributed by atoms with Crippen LogP contribution in [0.2, 0.25) is 0 Å². The molecular formula is C9H10F3N3O3. The summed E-state index contributed by atoms with van der Waals surface area (Å²) in [6.45, 7) is 0. The molecule has 0 bridgehead atoms. The van der Waals surface area contributed by atoms with E-state index in [1.807, 2.05) is 0 Å². The number of aromatic amines is 1. The van der Waals surface area contributed by atoms with E-state index in [0.29, 0.717) is 5.69 Å². The standard InChI is InChI=1S/C9H10F3N3O3/c10-9(11,12)2-7(16)15-6(8(17)18)1-5-3-13-4-14-5/h3-4,6H,1-2H2,(H,13,14)(H,15,16)(H,17,18). The molecule has 6 nitrogen and oxygen atoms in total. The summed E-state index contributed by atoms with van der Waals surface area (Å²) in [5.41, 5.74) is 0.398. The highest BCUT2D eigenvalue weighted by Gasteiger charge is 2.33. The Kier molecular flexibility index (Phi) is 4.29. The minimum Gasteiger partial charge on any atom is -0.480 e. The molecule has 18 heavy (non-hydrogen) atoms. The molecule has 100 valence electrons. The van der Waals surface area contributed by atoms with Crippen LogP contribution in [-0.4, -0.2) is 39.2 Å². The van der Waals surface area contributed by atoms with Gasteiger partial charge in [0, 0.05) is 18.3 Å². The second kappa shape index (κ2) is 5.52. The minimum atomic E-state index is -4.67. The topological polar surface area (TPSA) is 95.1 Å². The average molecular weight is 265 g/mol. The first-order valence-corrected chi connectivity index (χ1v) is 4.84. The number of hydrogen-bond acceptors (Lipinski definition) is 3. The van der Waals surface area contributed by atoms with Crippen molar-refractivity contribution in [1.29, 1.82) is 0 Å². The number of imidazole rings is 1. The molecule has 0 aromatic carbocycles. The van der Waals surface area contributed by atoms with Crippen LogP contribution in [0.4, 0.5) is 13.2 Å². The molecule has 0 fully saturated rings. The lowest BCUT2D eigenvalue weighted by atomic mass is 10.1. The number of amides is 1. The van der Waals surface area contributed by atoms with Crippen LogP contribution < -0.4 is 5.32 Å². The molecule has 3 N–H and O–H groups in total. The van der Waals surface area contributed by atoms with E-state index < -0.39 is 30.5 Å². The van der Waals surface area contributed by atoms with Crippen molar-refractivity contribution in [1.82, 2.24) is 15.3 Å². The number of alkyl halides is 3. The second-order valence-electron chi connectivity index (χ2n) is 3.53. The van der Waals surface area contributed by atoms with E-state index in [2.05, 4.69) is 9.97 Å². The van der Waals surface area contributed by atoms with E-state index in [1.165, 1.54) is 12.5 Å². The minimum absolute atomic E-state index is 0.168. The fourth-order valence-electron chi connectivity index (χ4n) is 1.24. The number of nitrogens with zero attached hydrogens (tertiary/aromatic N) is 1. The number of carbonyl (C=O) groups is 2. The van der Waals surface area contributed by atoms with Gasteiger partial charge in [-0.1, -0.05) is 0 Å². The predicted octanol–water partition coefficient (Wildman–Crippen LogP) is 0.474. The molecule has 1 atom stereocenters. The van der Waals surface area contributed by atoms with Crippen molar-refractivity contribution < 1.29 is 27.9 Å². The third-order valence-electron chi connectivity index (χ3n) is 1.97. The van der Waals surface area contributed by atoms with Crippen LogP contribution in [0.5, 0.6) is 0 Å². The highest BCUT2D eigenvalue weighted by Crippen LogP contribution is 2.19. The van der Waals surface area contributed by atoms with Gasteiger partial charge >= 0.3 is 12.1 Å². The number of halogens is 3. The van der Waals surface area contributed by atoms with Gasteiger partial charge in [0.05, 0.1) is 6.33 Å². The smallest absolute Gasteiger partial charge is 0.397 e. The Balaban J connectivity index is 2.58. The highest BCUT2D eigenvalue weighted by molar-refractivity contribution is 5.84. The third kappa shape index (κ3) is 4.85. The molecule has 1 aromatic rings. The molecule has 1 rings (SSSR count). The lowest BCUT2D eigenvalue weighted by molar-refractivity contribution is -0.156. The van der Waals surface area contributed by atoms with Gasteiger partial charge in [-0.15, -0.1) is 0 Å². The Hall–Kier alpha value is -2.06. The van der Waals surface area contributed by atoms with Crippen LogP contribution in [-0.2, 0) is 16.0 Å². The number of rotatable bonds is 5. The molecule has 9 heteroatoms. The normalized spacial score (nSPS) is 13.1. The largest absolute Gasteiger partial charge is 0.480 e. The molecule has 1 aromatic heterocycles. The van der Waals surface area contributed by atoms with Gasteiger partial charge < -0.3 is 15.4 Å². The van der Waals surface area contributed by atoms with Crippen LogP contribution >= 0.6 is 0 Å². The third-order valence-corrected chi connectivity index (χ3v) is 1.97.